The first-order valence-corrected chi connectivity index (χ1v) is 7.56. The fourth-order valence-corrected chi connectivity index (χ4v) is 2.61. The molecule has 2 rings (SSSR count). The summed E-state index contributed by atoms with van der Waals surface area (Å²) in [4.78, 5) is 0. The average Bonchev–Trinajstić information content (AvgIpc) is 2.53. The van der Waals surface area contributed by atoms with Gasteiger partial charge in [-0.05, 0) is 36.1 Å². The fraction of sp³-hybridized carbons (Fsp3) is 0.368. The fourth-order valence-electron chi connectivity index (χ4n) is 2.61. The Bertz CT molecular complexity index is 551. The molecule has 2 atom stereocenters. The number of hydrogen-bond donors (Lipinski definition) is 1. The Labute approximate surface area is 128 Å². The van der Waals surface area contributed by atoms with Crippen LogP contribution in [-0.4, -0.2) is 7.11 Å². The van der Waals surface area contributed by atoms with Gasteiger partial charge in [-0.3, -0.25) is 0 Å². The van der Waals surface area contributed by atoms with Gasteiger partial charge in [0.15, 0.2) is 0 Å². The SMILES string of the molecule is COc1cccc([C@H](C)N[C@H](c2ccccc2)C(C)C)c1. The summed E-state index contributed by atoms with van der Waals surface area (Å²) in [5, 5.41) is 3.74. The topological polar surface area (TPSA) is 21.3 Å². The number of methoxy groups -OCH3 is 1. The van der Waals surface area contributed by atoms with Crippen molar-refractivity contribution in [2.24, 2.45) is 5.92 Å². The van der Waals surface area contributed by atoms with Crippen LogP contribution in [0, 0.1) is 5.92 Å². The summed E-state index contributed by atoms with van der Waals surface area (Å²) >= 11 is 0. The van der Waals surface area contributed by atoms with E-state index in [4.69, 9.17) is 4.74 Å². The Morgan fingerprint density at radius 1 is 0.857 bits per heavy atom. The molecule has 0 aliphatic heterocycles. The standard InChI is InChI=1S/C19H25NO/c1-14(2)19(16-9-6-5-7-10-16)20-15(3)17-11-8-12-18(13-17)21-4/h5-15,19-20H,1-4H3/t15-,19-/m0/s1. The maximum absolute atomic E-state index is 5.31. The number of nitrogens with one attached hydrogen (secondary N) is 1. The van der Waals surface area contributed by atoms with Gasteiger partial charge in [-0.15, -0.1) is 0 Å². The summed E-state index contributed by atoms with van der Waals surface area (Å²) in [7, 11) is 1.71. The molecule has 2 nitrogen and oxygen atoms in total. The van der Waals surface area contributed by atoms with Crippen molar-refractivity contribution < 1.29 is 4.74 Å². The number of ether oxygens (including phenoxy) is 1. The molecule has 0 radical (unpaired) electrons. The summed E-state index contributed by atoms with van der Waals surface area (Å²) in [6, 6.07) is 19.5. The first-order chi connectivity index (χ1) is 10.1. The van der Waals surface area contributed by atoms with Crippen molar-refractivity contribution in [3.8, 4) is 5.75 Å². The number of benzene rings is 2. The highest BCUT2D eigenvalue weighted by atomic mass is 16.5. The molecule has 0 bridgehead atoms. The lowest BCUT2D eigenvalue weighted by atomic mass is 9.94. The van der Waals surface area contributed by atoms with Crippen LogP contribution in [0.4, 0.5) is 0 Å². The lowest BCUT2D eigenvalue weighted by Crippen LogP contribution is -2.28. The molecule has 0 heterocycles. The molecule has 0 saturated carbocycles. The molecule has 0 amide bonds. The molecule has 0 unspecified atom stereocenters. The quantitative estimate of drug-likeness (QED) is 0.826. The van der Waals surface area contributed by atoms with Crippen molar-refractivity contribution in [3.63, 3.8) is 0 Å². The van der Waals surface area contributed by atoms with Crippen molar-refractivity contribution in [1.82, 2.24) is 5.32 Å². The molecule has 1 N–H and O–H groups in total. The second-order valence-corrected chi connectivity index (χ2v) is 5.80. The van der Waals surface area contributed by atoms with E-state index in [1.54, 1.807) is 7.11 Å². The van der Waals surface area contributed by atoms with E-state index in [0.717, 1.165) is 5.75 Å². The van der Waals surface area contributed by atoms with Crippen LogP contribution in [0.15, 0.2) is 54.6 Å². The third-order valence-corrected chi connectivity index (χ3v) is 3.85. The third kappa shape index (κ3) is 4.08. The zero-order chi connectivity index (χ0) is 15.2. The largest absolute Gasteiger partial charge is 0.497 e. The van der Waals surface area contributed by atoms with Crippen molar-refractivity contribution in [3.05, 3.63) is 65.7 Å². The minimum Gasteiger partial charge on any atom is -0.497 e. The number of hydrogen-bond acceptors (Lipinski definition) is 2. The first kappa shape index (κ1) is 15.6. The van der Waals surface area contributed by atoms with Gasteiger partial charge in [0.1, 0.15) is 5.75 Å². The van der Waals surface area contributed by atoms with Crippen LogP contribution in [0.5, 0.6) is 5.75 Å². The van der Waals surface area contributed by atoms with Crippen molar-refractivity contribution in [2.45, 2.75) is 32.9 Å². The van der Waals surface area contributed by atoms with Gasteiger partial charge in [0.2, 0.25) is 0 Å². The van der Waals surface area contributed by atoms with E-state index in [1.165, 1.54) is 11.1 Å². The average molecular weight is 283 g/mol. The van der Waals surface area contributed by atoms with Gasteiger partial charge in [-0.25, -0.2) is 0 Å². The van der Waals surface area contributed by atoms with Crippen molar-refractivity contribution in [1.29, 1.82) is 0 Å². The van der Waals surface area contributed by atoms with Gasteiger partial charge < -0.3 is 10.1 Å². The normalized spacial score (nSPS) is 14.0. The Hall–Kier alpha value is -1.80. The molecule has 0 saturated heterocycles. The minimum atomic E-state index is 0.271. The van der Waals surface area contributed by atoms with Gasteiger partial charge in [-0.2, -0.15) is 0 Å². The van der Waals surface area contributed by atoms with E-state index in [2.05, 4.69) is 68.6 Å². The molecule has 2 aromatic rings. The lowest BCUT2D eigenvalue weighted by molar-refractivity contribution is 0.372. The van der Waals surface area contributed by atoms with E-state index < -0.39 is 0 Å². The van der Waals surface area contributed by atoms with Crippen LogP contribution in [0.1, 0.15) is 44.0 Å². The zero-order valence-corrected chi connectivity index (χ0v) is 13.3. The van der Waals surface area contributed by atoms with Gasteiger partial charge in [0, 0.05) is 12.1 Å². The van der Waals surface area contributed by atoms with Crippen molar-refractivity contribution in [2.75, 3.05) is 7.11 Å². The second kappa shape index (κ2) is 7.28. The Balaban J connectivity index is 2.16. The predicted molar refractivity (Wildman–Crippen MR) is 88.6 cm³/mol. The molecule has 0 aromatic heterocycles. The maximum Gasteiger partial charge on any atom is 0.119 e. The number of rotatable bonds is 6. The van der Waals surface area contributed by atoms with Crippen LogP contribution in [-0.2, 0) is 0 Å². The summed E-state index contributed by atoms with van der Waals surface area (Å²) < 4.78 is 5.31. The molecule has 112 valence electrons. The molecular weight excluding hydrogens is 258 g/mol. The highest BCUT2D eigenvalue weighted by Gasteiger charge is 2.18. The molecule has 0 aliphatic carbocycles. The van der Waals surface area contributed by atoms with E-state index in [9.17, 15) is 0 Å². The summed E-state index contributed by atoms with van der Waals surface area (Å²) in [6.07, 6.45) is 0. The monoisotopic (exact) mass is 283 g/mol. The van der Waals surface area contributed by atoms with Gasteiger partial charge in [0.25, 0.3) is 0 Å². The van der Waals surface area contributed by atoms with Crippen LogP contribution < -0.4 is 10.1 Å². The van der Waals surface area contributed by atoms with Gasteiger partial charge >= 0.3 is 0 Å². The summed E-state index contributed by atoms with van der Waals surface area (Å²) in [6.45, 7) is 6.71. The Morgan fingerprint density at radius 3 is 2.14 bits per heavy atom. The third-order valence-electron chi connectivity index (χ3n) is 3.85. The van der Waals surface area contributed by atoms with Gasteiger partial charge in [-0.1, -0.05) is 56.3 Å². The molecule has 0 spiro atoms. The van der Waals surface area contributed by atoms with E-state index >= 15 is 0 Å². The molecule has 2 aromatic carbocycles. The predicted octanol–water partition coefficient (Wildman–Crippen LogP) is 4.74. The Morgan fingerprint density at radius 2 is 1.52 bits per heavy atom. The smallest absolute Gasteiger partial charge is 0.119 e. The Kier molecular flexibility index (Phi) is 5.40. The van der Waals surface area contributed by atoms with Crippen LogP contribution in [0.25, 0.3) is 0 Å². The van der Waals surface area contributed by atoms with Crippen LogP contribution in [0.2, 0.25) is 0 Å². The molecule has 21 heavy (non-hydrogen) atoms. The highest BCUT2D eigenvalue weighted by Crippen LogP contribution is 2.26. The van der Waals surface area contributed by atoms with Crippen molar-refractivity contribution >= 4 is 0 Å². The van der Waals surface area contributed by atoms with Crippen LogP contribution in [0.3, 0.4) is 0 Å². The van der Waals surface area contributed by atoms with E-state index in [0.29, 0.717) is 12.0 Å². The maximum atomic E-state index is 5.31. The van der Waals surface area contributed by atoms with Crippen LogP contribution >= 0.6 is 0 Å². The van der Waals surface area contributed by atoms with E-state index in [1.807, 2.05) is 12.1 Å². The molecule has 0 fully saturated rings. The summed E-state index contributed by atoms with van der Waals surface area (Å²) in [5.41, 5.74) is 2.58. The minimum absolute atomic E-state index is 0.271. The molecular formula is C19H25NO. The molecule has 2 heteroatoms. The van der Waals surface area contributed by atoms with E-state index in [-0.39, 0.29) is 6.04 Å². The van der Waals surface area contributed by atoms with Gasteiger partial charge in [0.05, 0.1) is 7.11 Å². The molecule has 0 aliphatic rings. The highest BCUT2D eigenvalue weighted by molar-refractivity contribution is 5.30. The lowest BCUT2D eigenvalue weighted by Gasteiger charge is -2.27. The summed E-state index contributed by atoms with van der Waals surface area (Å²) in [5.74, 6) is 1.43. The second-order valence-electron chi connectivity index (χ2n) is 5.80. The zero-order valence-electron chi connectivity index (χ0n) is 13.3. The first-order valence-electron chi connectivity index (χ1n) is 7.56.